The van der Waals surface area contributed by atoms with Gasteiger partial charge in [-0.2, -0.15) is 5.10 Å². The van der Waals surface area contributed by atoms with Gasteiger partial charge in [-0.1, -0.05) is 109 Å². The molecule has 3 aromatic heterocycles. The van der Waals surface area contributed by atoms with Gasteiger partial charge in [0.2, 0.25) is 17.7 Å². The molecular formula is C79H82FN9O10. The lowest BCUT2D eigenvalue weighted by atomic mass is 9.77. The molecule has 10 aromatic rings. The zero-order valence-corrected chi connectivity index (χ0v) is 57.1. The lowest BCUT2D eigenvalue weighted by Gasteiger charge is -2.40. The number of nitrogens with one attached hydrogen (secondary N) is 1. The number of benzene rings is 7. The third-order valence-corrected chi connectivity index (χ3v) is 19.8. The molecule has 0 bridgehead atoms. The number of rotatable bonds is 19. The smallest absolute Gasteiger partial charge is 0.410 e. The van der Waals surface area contributed by atoms with Crippen molar-refractivity contribution in [3.63, 3.8) is 0 Å². The molecule has 4 atom stereocenters. The first kappa shape index (κ1) is 66.1. The highest BCUT2D eigenvalue weighted by Gasteiger charge is 2.42. The van der Waals surface area contributed by atoms with Crippen molar-refractivity contribution < 1.29 is 47.3 Å². The molecule has 7 aromatic carbocycles. The quantitative estimate of drug-likeness (QED) is 0.0594. The number of halogens is 1. The number of imidazole rings is 1. The minimum absolute atomic E-state index is 0.0222. The van der Waals surface area contributed by atoms with Gasteiger partial charge in [-0.05, 0) is 136 Å². The van der Waals surface area contributed by atoms with Gasteiger partial charge in [-0.3, -0.25) is 38.4 Å². The van der Waals surface area contributed by atoms with Crippen molar-refractivity contribution in [2.24, 2.45) is 7.05 Å². The van der Waals surface area contributed by atoms with Crippen molar-refractivity contribution in [1.82, 2.24) is 43.9 Å². The molecule has 1 N–H and O–H groups in total. The monoisotopic (exact) mass is 1340 g/mol. The summed E-state index contributed by atoms with van der Waals surface area (Å²) in [6.07, 6.45) is 3.62. The van der Waals surface area contributed by atoms with Crippen molar-refractivity contribution >= 4 is 56.7 Å². The number of aryl methyl sites for hydroxylation is 1. The van der Waals surface area contributed by atoms with Gasteiger partial charge in [0.1, 0.15) is 53.6 Å². The Kier molecular flexibility index (Phi) is 18.0. The summed E-state index contributed by atoms with van der Waals surface area (Å²) in [6, 6.07) is 48.6. The number of hydrogen-bond donors (Lipinski definition) is 1. The number of ether oxygens (including phenoxy) is 5. The number of fused-ring (bicyclic) bond motifs is 3. The fourth-order valence-electron chi connectivity index (χ4n) is 14.6. The van der Waals surface area contributed by atoms with Gasteiger partial charge in [0.25, 0.3) is 5.91 Å². The van der Waals surface area contributed by atoms with Crippen molar-refractivity contribution in [2.75, 3.05) is 46.4 Å². The lowest BCUT2D eigenvalue weighted by molar-refractivity contribution is -0.135. The molecule has 510 valence electrons. The Morgan fingerprint density at radius 2 is 1.42 bits per heavy atom. The average Bonchev–Trinajstić information content (AvgIpc) is 1.64. The molecule has 0 spiro atoms. The Bertz CT molecular complexity index is 4700. The van der Waals surface area contributed by atoms with Crippen LogP contribution in [-0.2, 0) is 44.8 Å². The third kappa shape index (κ3) is 12.9. The van der Waals surface area contributed by atoms with E-state index in [1.807, 2.05) is 154 Å². The van der Waals surface area contributed by atoms with Crippen LogP contribution in [-0.4, -0.2) is 133 Å². The van der Waals surface area contributed by atoms with Crippen LogP contribution in [0.15, 0.2) is 163 Å². The van der Waals surface area contributed by atoms with Gasteiger partial charge in [0, 0.05) is 112 Å². The largest absolute Gasteiger partial charge is 0.488 e. The molecule has 1 aliphatic carbocycles. The van der Waals surface area contributed by atoms with E-state index in [0.717, 1.165) is 46.2 Å². The van der Waals surface area contributed by atoms with E-state index in [9.17, 15) is 24.0 Å². The van der Waals surface area contributed by atoms with Crippen LogP contribution in [0.5, 0.6) is 17.4 Å². The highest BCUT2D eigenvalue weighted by molar-refractivity contribution is 6.05. The summed E-state index contributed by atoms with van der Waals surface area (Å²) >= 11 is 0. The second kappa shape index (κ2) is 26.9. The Morgan fingerprint density at radius 1 is 0.747 bits per heavy atom. The standard InChI is InChI=1S/C79H82FN9O10/c1-48-42-85(43-52-26-31-64-66(38-52)84(7)76(93)89(64)65-32-33-68(90)81-74(65)91)36-37-87(48)75(92)54-27-24-51(25-28-54)47-97-73-71(59(53-29-30-53)39-60-67(41-69(82-72(60)73)96-46-49(2)95-8)98-58-34-35-86(44-58)77(94)99-78(4,5)6)70-50(3)62(80)40-63-61(70)45-88(83-63)79(55-18-12-9-13-19-55,56-20-14-10-15-21-56)57-22-16-11-17-23-57/h9-28,31,38-41,45,48-49,53,58,65H,29-30,32-37,42-44,46-47H2,1-8H3,(H,81,90,91)/t48-,49-,58-,65?/m0/s1. The van der Waals surface area contributed by atoms with Crippen molar-refractivity contribution in [3.8, 4) is 28.5 Å². The fraction of sp³-hybridized carbons (Fsp3) is 0.354. The van der Waals surface area contributed by atoms with Crippen LogP contribution in [0.2, 0.25) is 0 Å². The Labute approximate surface area is 574 Å². The van der Waals surface area contributed by atoms with E-state index >= 15 is 4.39 Å². The lowest BCUT2D eigenvalue weighted by Crippen LogP contribution is -2.53. The summed E-state index contributed by atoms with van der Waals surface area (Å²) in [7, 11) is 3.31. The number of methoxy groups -OCH3 is 1. The Balaban J connectivity index is 0.826. The van der Waals surface area contributed by atoms with Gasteiger partial charge in [-0.15, -0.1) is 0 Å². The van der Waals surface area contributed by atoms with Crippen LogP contribution in [0.25, 0.3) is 44.0 Å². The van der Waals surface area contributed by atoms with E-state index in [1.165, 1.54) is 10.6 Å². The molecule has 0 radical (unpaired) electrons. The van der Waals surface area contributed by atoms with E-state index in [2.05, 4.69) is 52.7 Å². The molecule has 3 saturated heterocycles. The number of imide groups is 1. The van der Waals surface area contributed by atoms with Crippen LogP contribution in [0, 0.1) is 12.7 Å². The number of hydrogen-bond acceptors (Lipinski definition) is 13. The molecule has 19 nitrogen and oxygen atoms in total. The molecule has 6 heterocycles. The van der Waals surface area contributed by atoms with Crippen molar-refractivity contribution in [1.29, 1.82) is 0 Å². The van der Waals surface area contributed by atoms with Gasteiger partial charge in [0.15, 0.2) is 5.75 Å². The average molecular weight is 1340 g/mol. The topological polar surface area (TPSA) is 194 Å². The van der Waals surface area contributed by atoms with Crippen LogP contribution in [0.1, 0.15) is 128 Å². The third-order valence-electron chi connectivity index (χ3n) is 19.8. The normalized spacial score (nSPS) is 18.1. The minimum atomic E-state index is -1.02. The second-order valence-electron chi connectivity index (χ2n) is 27.9. The summed E-state index contributed by atoms with van der Waals surface area (Å²) in [6.45, 7) is 14.5. The number of pyridine rings is 1. The molecule has 4 aliphatic rings. The summed E-state index contributed by atoms with van der Waals surface area (Å²) < 4.78 is 54.9. The molecule has 1 unspecified atom stereocenters. The summed E-state index contributed by atoms with van der Waals surface area (Å²) in [5.41, 5.74) is 7.89. The van der Waals surface area contributed by atoms with Crippen LogP contribution in [0.3, 0.4) is 0 Å². The highest BCUT2D eigenvalue weighted by atomic mass is 19.1. The number of amides is 4. The zero-order chi connectivity index (χ0) is 69.0. The van der Waals surface area contributed by atoms with Crippen molar-refractivity contribution in [3.05, 3.63) is 219 Å². The Morgan fingerprint density at radius 3 is 2.06 bits per heavy atom. The van der Waals surface area contributed by atoms with Crippen molar-refractivity contribution in [2.45, 2.75) is 128 Å². The number of nitrogens with zero attached hydrogens (tertiary/aromatic N) is 8. The molecule has 20 heteroatoms. The van der Waals surface area contributed by atoms with Crippen LogP contribution in [0.4, 0.5) is 9.18 Å². The molecule has 4 amide bonds. The van der Waals surface area contributed by atoms with Gasteiger partial charge >= 0.3 is 11.8 Å². The number of carbonyl (C=O) groups excluding carboxylic acids is 4. The summed E-state index contributed by atoms with van der Waals surface area (Å²) in [4.78, 5) is 77.5. The minimum Gasteiger partial charge on any atom is -0.488 e. The van der Waals surface area contributed by atoms with Gasteiger partial charge in [-0.25, -0.2) is 19.0 Å². The number of aromatic nitrogens is 5. The molecular weight excluding hydrogens is 1250 g/mol. The second-order valence-corrected chi connectivity index (χ2v) is 27.9. The van der Waals surface area contributed by atoms with E-state index in [-0.39, 0.29) is 74.0 Å². The van der Waals surface area contributed by atoms with Crippen LogP contribution >= 0.6 is 0 Å². The molecule has 3 aliphatic heterocycles. The van der Waals surface area contributed by atoms with E-state index in [0.29, 0.717) is 106 Å². The van der Waals surface area contributed by atoms with E-state index in [1.54, 1.807) is 29.7 Å². The van der Waals surface area contributed by atoms with E-state index in [4.69, 9.17) is 33.8 Å². The summed E-state index contributed by atoms with van der Waals surface area (Å²) in [5, 5.41) is 9.16. The maximum atomic E-state index is 17.5. The Hall–Kier alpha value is -10.2. The zero-order valence-electron chi connectivity index (χ0n) is 57.1. The van der Waals surface area contributed by atoms with E-state index < -0.39 is 41.1 Å². The first-order valence-corrected chi connectivity index (χ1v) is 34.2. The first-order valence-electron chi connectivity index (χ1n) is 34.2. The number of carbonyl (C=O) groups is 4. The summed E-state index contributed by atoms with van der Waals surface area (Å²) in [5.74, 6) is -0.193. The maximum Gasteiger partial charge on any atom is 0.410 e. The van der Waals surface area contributed by atoms with Gasteiger partial charge < -0.3 is 33.5 Å². The first-order chi connectivity index (χ1) is 47.7. The molecule has 4 fully saturated rings. The van der Waals surface area contributed by atoms with Gasteiger partial charge in [0.05, 0.1) is 29.2 Å². The number of piperidine rings is 1. The maximum absolute atomic E-state index is 17.5. The SMILES string of the molecule is CO[C@@H](C)COc1cc(O[C@H]2CCN(C(=O)OC(C)(C)C)C2)c2cc(C3CC3)c(-c3c(C)c(F)cc4nn(C(c5ccccc5)(c5ccccc5)c5ccccc5)cc34)c(OCc3ccc(C(=O)N4CCN(Cc5ccc6c(c5)n(C)c(=O)n6C5CCC(=O)NC5=O)C[C@@H]4C)cc3)c2n1. The predicted molar refractivity (Wildman–Crippen MR) is 376 cm³/mol. The molecule has 1 saturated carbocycles. The number of likely N-dealkylation sites (tertiary alicyclic amines) is 1. The predicted octanol–water partition coefficient (Wildman–Crippen LogP) is 12.8. The highest BCUT2D eigenvalue weighted by Crippen LogP contribution is 2.54. The fourth-order valence-corrected chi connectivity index (χ4v) is 14.6. The number of piperazine rings is 1. The molecule has 99 heavy (non-hydrogen) atoms. The molecule has 14 rings (SSSR count). The van der Waals surface area contributed by atoms with Crippen LogP contribution < -0.4 is 25.2 Å².